The molecule has 3 aromatic rings. The lowest BCUT2D eigenvalue weighted by molar-refractivity contribution is 0.0852. The molecule has 2 N–H and O–H groups in total. The lowest BCUT2D eigenvalue weighted by atomic mass is 10.1. The van der Waals surface area contributed by atoms with Crippen LogP contribution in [-0.4, -0.2) is 32.1 Å². The first-order chi connectivity index (χ1) is 12.5. The SMILES string of the molecule is Cc1ccc(-n2nnc(C(=O)NC3c4ccccc4CC3O)c2C)cc1. The third-order valence-electron chi connectivity index (χ3n) is 4.88. The maximum absolute atomic E-state index is 12.7. The van der Waals surface area contributed by atoms with Crippen LogP contribution in [-0.2, 0) is 6.42 Å². The summed E-state index contributed by atoms with van der Waals surface area (Å²) < 4.78 is 1.65. The second-order valence-electron chi connectivity index (χ2n) is 6.69. The van der Waals surface area contributed by atoms with Gasteiger partial charge in [-0.3, -0.25) is 4.79 Å². The Balaban J connectivity index is 1.59. The van der Waals surface area contributed by atoms with Gasteiger partial charge in [-0.2, -0.15) is 0 Å². The molecule has 0 aliphatic heterocycles. The standard InChI is InChI=1S/C20H20N4O2/c1-12-7-9-15(10-8-12)24-13(2)18(22-23-24)20(26)21-19-16-6-4-3-5-14(16)11-17(19)25/h3-10,17,19,25H,11H2,1-2H3,(H,21,26). The highest BCUT2D eigenvalue weighted by Gasteiger charge is 2.33. The van der Waals surface area contributed by atoms with Gasteiger partial charge in [-0.1, -0.05) is 47.2 Å². The molecule has 0 radical (unpaired) electrons. The van der Waals surface area contributed by atoms with Crippen molar-refractivity contribution >= 4 is 5.91 Å². The number of hydrogen-bond acceptors (Lipinski definition) is 4. The molecule has 1 heterocycles. The van der Waals surface area contributed by atoms with Crippen molar-refractivity contribution in [1.29, 1.82) is 0 Å². The van der Waals surface area contributed by atoms with Crippen molar-refractivity contribution in [3.05, 3.63) is 76.6 Å². The monoisotopic (exact) mass is 348 g/mol. The third-order valence-corrected chi connectivity index (χ3v) is 4.88. The van der Waals surface area contributed by atoms with Crippen molar-refractivity contribution < 1.29 is 9.90 Å². The zero-order chi connectivity index (χ0) is 18.3. The molecule has 2 unspecified atom stereocenters. The fourth-order valence-corrected chi connectivity index (χ4v) is 3.43. The van der Waals surface area contributed by atoms with E-state index in [4.69, 9.17) is 0 Å². The summed E-state index contributed by atoms with van der Waals surface area (Å²) in [7, 11) is 0. The second kappa shape index (κ2) is 6.38. The van der Waals surface area contributed by atoms with Gasteiger partial charge in [0, 0.05) is 6.42 Å². The predicted molar refractivity (Wildman–Crippen MR) is 97.2 cm³/mol. The normalized spacial score (nSPS) is 18.6. The first kappa shape index (κ1) is 16.5. The minimum atomic E-state index is -0.635. The average molecular weight is 348 g/mol. The van der Waals surface area contributed by atoms with Crippen molar-refractivity contribution in [1.82, 2.24) is 20.3 Å². The number of fused-ring (bicyclic) bond motifs is 1. The van der Waals surface area contributed by atoms with Gasteiger partial charge < -0.3 is 10.4 Å². The Kier molecular flexibility index (Phi) is 4.05. The van der Waals surface area contributed by atoms with Crippen molar-refractivity contribution in [2.75, 3.05) is 0 Å². The van der Waals surface area contributed by atoms with Crippen LogP contribution in [0.5, 0.6) is 0 Å². The summed E-state index contributed by atoms with van der Waals surface area (Å²) in [6.07, 6.45) is -0.0975. The Morgan fingerprint density at radius 2 is 1.88 bits per heavy atom. The van der Waals surface area contributed by atoms with E-state index in [9.17, 15) is 9.90 Å². The zero-order valence-corrected chi connectivity index (χ0v) is 14.7. The van der Waals surface area contributed by atoms with Crippen molar-refractivity contribution in [3.8, 4) is 5.69 Å². The summed E-state index contributed by atoms with van der Waals surface area (Å²) in [5.74, 6) is -0.332. The van der Waals surface area contributed by atoms with Crippen LogP contribution in [0.15, 0.2) is 48.5 Å². The van der Waals surface area contributed by atoms with E-state index in [1.807, 2.05) is 62.4 Å². The van der Waals surface area contributed by atoms with Gasteiger partial charge in [0.2, 0.25) is 0 Å². The summed E-state index contributed by atoms with van der Waals surface area (Å²) in [5, 5.41) is 21.4. The van der Waals surface area contributed by atoms with E-state index >= 15 is 0 Å². The highest BCUT2D eigenvalue weighted by Crippen LogP contribution is 2.31. The lowest BCUT2D eigenvalue weighted by Crippen LogP contribution is -2.34. The van der Waals surface area contributed by atoms with Gasteiger partial charge in [0.25, 0.3) is 5.91 Å². The number of carbonyl (C=O) groups is 1. The van der Waals surface area contributed by atoms with E-state index in [1.54, 1.807) is 4.68 Å². The Hall–Kier alpha value is -2.99. The largest absolute Gasteiger partial charge is 0.390 e. The number of carbonyl (C=O) groups excluding carboxylic acids is 1. The predicted octanol–water partition coefficient (Wildman–Crippen LogP) is 2.27. The molecular formula is C20H20N4O2. The number of hydrogen-bond donors (Lipinski definition) is 2. The Bertz CT molecular complexity index is 962. The molecule has 1 aliphatic carbocycles. The van der Waals surface area contributed by atoms with E-state index in [0.29, 0.717) is 12.1 Å². The number of aliphatic hydroxyl groups is 1. The van der Waals surface area contributed by atoms with Crippen LogP contribution in [0.1, 0.15) is 38.9 Å². The third kappa shape index (κ3) is 2.78. The summed E-state index contributed by atoms with van der Waals surface area (Å²) >= 11 is 0. The fourth-order valence-electron chi connectivity index (χ4n) is 3.43. The molecule has 26 heavy (non-hydrogen) atoms. The molecule has 0 fully saturated rings. The second-order valence-corrected chi connectivity index (χ2v) is 6.69. The van der Waals surface area contributed by atoms with E-state index in [-0.39, 0.29) is 11.6 Å². The first-order valence-corrected chi connectivity index (χ1v) is 8.60. The first-order valence-electron chi connectivity index (χ1n) is 8.60. The number of nitrogens with one attached hydrogen (secondary N) is 1. The summed E-state index contributed by atoms with van der Waals surface area (Å²) in [5.41, 5.74) is 4.95. The van der Waals surface area contributed by atoms with Crippen LogP contribution in [0.25, 0.3) is 5.69 Å². The molecule has 0 saturated carbocycles. The van der Waals surface area contributed by atoms with E-state index in [2.05, 4.69) is 15.6 Å². The van der Waals surface area contributed by atoms with Gasteiger partial charge >= 0.3 is 0 Å². The van der Waals surface area contributed by atoms with Gasteiger partial charge in [-0.05, 0) is 37.1 Å². The zero-order valence-electron chi connectivity index (χ0n) is 14.7. The van der Waals surface area contributed by atoms with Crippen LogP contribution in [0, 0.1) is 13.8 Å². The molecule has 0 bridgehead atoms. The number of aromatic nitrogens is 3. The fraction of sp³-hybridized carbons (Fsp3) is 0.250. The summed E-state index contributed by atoms with van der Waals surface area (Å²) in [4.78, 5) is 12.7. The highest BCUT2D eigenvalue weighted by atomic mass is 16.3. The maximum Gasteiger partial charge on any atom is 0.274 e. The minimum Gasteiger partial charge on any atom is -0.390 e. The molecule has 4 rings (SSSR count). The van der Waals surface area contributed by atoms with Crippen molar-refractivity contribution in [2.24, 2.45) is 0 Å². The number of amides is 1. The number of aliphatic hydroxyl groups excluding tert-OH is 1. The molecular weight excluding hydrogens is 328 g/mol. The van der Waals surface area contributed by atoms with Crippen molar-refractivity contribution in [2.45, 2.75) is 32.4 Å². The van der Waals surface area contributed by atoms with Crippen LogP contribution in [0.3, 0.4) is 0 Å². The maximum atomic E-state index is 12.7. The van der Waals surface area contributed by atoms with Crippen LogP contribution in [0.4, 0.5) is 0 Å². The van der Waals surface area contributed by atoms with E-state index in [1.165, 1.54) is 0 Å². The Morgan fingerprint density at radius 1 is 1.15 bits per heavy atom. The minimum absolute atomic E-state index is 0.266. The molecule has 2 atom stereocenters. The quantitative estimate of drug-likeness (QED) is 0.761. The van der Waals surface area contributed by atoms with Gasteiger partial charge in [0.05, 0.1) is 23.5 Å². The molecule has 0 spiro atoms. The lowest BCUT2D eigenvalue weighted by Gasteiger charge is -2.17. The summed E-state index contributed by atoms with van der Waals surface area (Å²) in [6.45, 7) is 3.83. The van der Waals surface area contributed by atoms with E-state index in [0.717, 1.165) is 22.4 Å². The average Bonchev–Trinajstić information content (AvgIpc) is 3.16. The van der Waals surface area contributed by atoms with Crippen molar-refractivity contribution in [3.63, 3.8) is 0 Å². The van der Waals surface area contributed by atoms with Gasteiger partial charge in [-0.15, -0.1) is 5.10 Å². The van der Waals surface area contributed by atoms with E-state index < -0.39 is 12.1 Å². The molecule has 6 nitrogen and oxygen atoms in total. The molecule has 132 valence electrons. The number of benzene rings is 2. The van der Waals surface area contributed by atoms with Gasteiger partial charge in [0.15, 0.2) is 5.69 Å². The Labute approximate surface area is 151 Å². The van der Waals surface area contributed by atoms with Crippen LogP contribution in [0.2, 0.25) is 0 Å². The number of rotatable bonds is 3. The smallest absolute Gasteiger partial charge is 0.274 e. The highest BCUT2D eigenvalue weighted by molar-refractivity contribution is 5.93. The Morgan fingerprint density at radius 3 is 2.65 bits per heavy atom. The molecule has 0 saturated heterocycles. The number of aryl methyl sites for hydroxylation is 1. The molecule has 1 amide bonds. The van der Waals surface area contributed by atoms with Crippen LogP contribution >= 0.6 is 0 Å². The topological polar surface area (TPSA) is 80.0 Å². The molecule has 2 aromatic carbocycles. The van der Waals surface area contributed by atoms with Crippen LogP contribution < -0.4 is 5.32 Å². The summed E-state index contributed by atoms with van der Waals surface area (Å²) in [6, 6.07) is 15.2. The van der Waals surface area contributed by atoms with Gasteiger partial charge in [-0.25, -0.2) is 4.68 Å². The molecule has 6 heteroatoms. The molecule has 1 aliphatic rings. The molecule has 1 aromatic heterocycles. The number of nitrogens with zero attached hydrogens (tertiary/aromatic N) is 3. The van der Waals surface area contributed by atoms with Gasteiger partial charge in [0.1, 0.15) is 0 Å².